The molecule has 3 saturated carbocycles. The van der Waals surface area contributed by atoms with Crippen molar-refractivity contribution in [3.63, 3.8) is 0 Å². The maximum Gasteiger partial charge on any atom is 0.416 e. The number of fused-ring (bicyclic) bond motifs is 2. The van der Waals surface area contributed by atoms with Gasteiger partial charge in [-0.05, 0) is 98.1 Å². The van der Waals surface area contributed by atoms with Crippen LogP contribution in [0.3, 0.4) is 0 Å². The Hall–Kier alpha value is -3.82. The van der Waals surface area contributed by atoms with Crippen LogP contribution < -0.4 is 0 Å². The molecule has 2 heterocycles. The highest BCUT2D eigenvalue weighted by Gasteiger charge is 2.76. The number of alkyl halides is 3. The van der Waals surface area contributed by atoms with E-state index in [4.69, 9.17) is 20.8 Å². The molecule has 1 saturated heterocycles. The van der Waals surface area contributed by atoms with Gasteiger partial charge in [-0.1, -0.05) is 74.0 Å². The van der Waals surface area contributed by atoms with Crippen molar-refractivity contribution in [3.8, 4) is 11.3 Å². The number of carbonyl (C=O) groups is 2. The predicted octanol–water partition coefficient (Wildman–Crippen LogP) is 10.1. The summed E-state index contributed by atoms with van der Waals surface area (Å²) in [6.07, 6.45) is 6.28. The minimum absolute atomic E-state index is 0.0274. The lowest BCUT2D eigenvalue weighted by Crippen LogP contribution is -2.67. The molecule has 10 heteroatoms. The Morgan fingerprint density at radius 2 is 1.69 bits per heavy atom. The van der Waals surface area contributed by atoms with Crippen molar-refractivity contribution < 1.29 is 37.0 Å². The highest BCUT2D eigenvalue weighted by Crippen LogP contribution is 2.79. The zero-order chi connectivity index (χ0) is 36.5. The molecule has 1 N–H and O–H groups in total. The number of furan rings is 1. The number of amides is 1. The number of ketones is 1. The molecule has 52 heavy (non-hydrogen) atoms. The van der Waals surface area contributed by atoms with Gasteiger partial charge < -0.3 is 14.3 Å². The molecule has 272 valence electrons. The molecule has 0 unspecified atom stereocenters. The second kappa shape index (κ2) is 11.1. The molecular formula is C42H41ClF3NO5. The third kappa shape index (κ3) is 4.47. The fourth-order valence-electron chi connectivity index (χ4n) is 11.9. The molecule has 2 bridgehead atoms. The van der Waals surface area contributed by atoms with Gasteiger partial charge in [0.25, 0.3) is 0 Å². The Kier molecular flexibility index (Phi) is 7.26. The summed E-state index contributed by atoms with van der Waals surface area (Å²) in [5, 5.41) is 11.1. The normalized spacial score (nSPS) is 37.4. The van der Waals surface area contributed by atoms with Gasteiger partial charge in [0.15, 0.2) is 5.76 Å². The summed E-state index contributed by atoms with van der Waals surface area (Å²) in [4.78, 5) is 30.4. The first-order chi connectivity index (χ1) is 24.6. The number of nitrogens with zero attached hydrogens (tertiary/aromatic N) is 1. The molecule has 4 fully saturated rings. The van der Waals surface area contributed by atoms with Gasteiger partial charge >= 0.3 is 12.3 Å². The van der Waals surface area contributed by atoms with Crippen LogP contribution >= 0.6 is 11.6 Å². The maximum atomic E-state index is 15.0. The Balaban J connectivity index is 1.13. The van der Waals surface area contributed by atoms with Crippen LogP contribution in [0.2, 0.25) is 5.02 Å². The number of aliphatic hydroxyl groups excluding tert-OH is 1. The van der Waals surface area contributed by atoms with E-state index in [1.807, 2.05) is 35.2 Å². The molecule has 1 aromatic heterocycles. The Labute approximate surface area is 305 Å². The number of carbonyl (C=O) groups excluding carboxylic acids is 2. The van der Waals surface area contributed by atoms with Crippen LogP contribution in [0, 0.1) is 33.5 Å². The molecule has 3 spiro atoms. The van der Waals surface area contributed by atoms with E-state index in [0.717, 1.165) is 43.4 Å². The predicted molar refractivity (Wildman–Crippen MR) is 188 cm³/mol. The summed E-state index contributed by atoms with van der Waals surface area (Å²) in [5.74, 6) is -0.168. The average Bonchev–Trinajstić information content (AvgIpc) is 3.80. The van der Waals surface area contributed by atoms with E-state index < -0.39 is 39.7 Å². The number of halogens is 4. The topological polar surface area (TPSA) is 80.0 Å². The van der Waals surface area contributed by atoms with Gasteiger partial charge in [0, 0.05) is 33.9 Å². The van der Waals surface area contributed by atoms with E-state index in [1.54, 1.807) is 0 Å². The maximum absolute atomic E-state index is 15.0. The molecule has 1 amide bonds. The minimum Gasteiger partial charge on any atom is -0.453 e. The molecule has 6 aliphatic carbocycles. The molecular weight excluding hydrogens is 691 g/mol. The van der Waals surface area contributed by atoms with E-state index in [9.17, 15) is 23.1 Å². The van der Waals surface area contributed by atoms with Crippen molar-refractivity contribution in [2.45, 2.75) is 83.2 Å². The van der Waals surface area contributed by atoms with Crippen LogP contribution in [-0.4, -0.2) is 40.1 Å². The number of benzene rings is 2. The van der Waals surface area contributed by atoms with E-state index in [1.165, 1.54) is 18.2 Å². The molecule has 0 radical (unpaired) electrons. The van der Waals surface area contributed by atoms with Crippen LogP contribution in [0.5, 0.6) is 0 Å². The lowest BCUT2D eigenvalue weighted by Gasteiger charge is -2.71. The first kappa shape index (κ1) is 34.0. The largest absolute Gasteiger partial charge is 0.453 e. The fraction of sp³-hybridized carbons (Fsp3) is 0.476. The summed E-state index contributed by atoms with van der Waals surface area (Å²) < 4.78 is 53.5. The first-order valence-electron chi connectivity index (χ1n) is 18.3. The van der Waals surface area contributed by atoms with Gasteiger partial charge in [0.05, 0.1) is 23.2 Å². The zero-order valence-corrected chi connectivity index (χ0v) is 29.9. The summed E-state index contributed by atoms with van der Waals surface area (Å²) in [5.41, 5.74) is -1.80. The number of rotatable bonds is 5. The van der Waals surface area contributed by atoms with Crippen molar-refractivity contribution in [2.75, 3.05) is 6.54 Å². The van der Waals surface area contributed by atoms with Gasteiger partial charge in [-0.2, -0.15) is 13.2 Å². The number of ether oxygens (including phenoxy) is 1. The molecule has 2 aromatic carbocycles. The molecule has 10 rings (SSSR count). The number of allylic oxidation sites excluding steroid dienone is 4. The van der Waals surface area contributed by atoms with Gasteiger partial charge in [-0.3, -0.25) is 9.69 Å². The molecule has 7 aliphatic rings. The Morgan fingerprint density at radius 1 is 0.962 bits per heavy atom. The van der Waals surface area contributed by atoms with Crippen molar-refractivity contribution in [3.05, 3.63) is 106 Å². The van der Waals surface area contributed by atoms with E-state index in [2.05, 4.69) is 32.1 Å². The van der Waals surface area contributed by atoms with Crippen LogP contribution in [0.1, 0.15) is 80.5 Å². The quantitative estimate of drug-likeness (QED) is 0.209. The lowest BCUT2D eigenvalue weighted by atomic mass is 9.32. The summed E-state index contributed by atoms with van der Waals surface area (Å²) in [6, 6.07) is 16.0. The van der Waals surface area contributed by atoms with Crippen LogP contribution in [0.4, 0.5) is 18.0 Å². The Bertz CT molecular complexity index is 2060. The van der Waals surface area contributed by atoms with Gasteiger partial charge in [-0.15, -0.1) is 0 Å². The molecule has 6 nitrogen and oxygen atoms in total. The van der Waals surface area contributed by atoms with Crippen molar-refractivity contribution >= 4 is 23.5 Å². The fourth-order valence-corrected chi connectivity index (χ4v) is 12.1. The van der Waals surface area contributed by atoms with Crippen LogP contribution in [-0.2, 0) is 17.5 Å². The summed E-state index contributed by atoms with van der Waals surface area (Å²) in [7, 11) is 0. The van der Waals surface area contributed by atoms with Crippen molar-refractivity contribution in [2.24, 2.45) is 33.5 Å². The number of hydrogen-bond donors (Lipinski definition) is 1. The van der Waals surface area contributed by atoms with Gasteiger partial charge in [0.1, 0.15) is 11.4 Å². The number of hydrogen-bond acceptors (Lipinski definition) is 5. The highest BCUT2D eigenvalue weighted by atomic mass is 35.5. The molecule has 8 atom stereocenters. The van der Waals surface area contributed by atoms with E-state index >= 15 is 4.79 Å². The third-order valence-electron chi connectivity index (χ3n) is 14.5. The lowest BCUT2D eigenvalue weighted by molar-refractivity contribution is -0.164. The third-order valence-corrected chi connectivity index (χ3v) is 14.8. The standard InChI is InChI=1S/C42H41ClF3NO5/c1-37-15-12-27(48)21-39(37)18-19-41(29(22-39)35(49)32-11-10-31(51-32)28-20-26(42(44,45)46)8-9-30(28)43)33(37)13-16-38(2)34(41)14-17-40(38)24-47(36(50)52-40)23-25-6-4-3-5-7-25/h3-11,18-20,22,27,33-34,48H,12-17,21,23-24H2,1-2H3/t27-,33+,34+,37+,38-,39-,40+,41+/m0/s1. The average molecular weight is 732 g/mol. The van der Waals surface area contributed by atoms with Crippen LogP contribution in [0.25, 0.3) is 11.3 Å². The SMILES string of the molecule is C[C@]12CC[C@H]3[C@]4(C=C[C@@]5(C=C4C(=O)c4ccc(-c6cc(C(F)(F)F)ccc6Cl)o4)C[C@@H](O)CC[C@]35C)[C@@H]1CC[C@@]21CN(Cc2ccccc2)C(=O)O1. The highest BCUT2D eigenvalue weighted by molar-refractivity contribution is 6.33. The second-order valence-electron chi connectivity index (χ2n) is 16.7. The molecule has 1 aliphatic heterocycles. The number of Topliss-reactive ketones (excluding diaryl/α,β-unsaturated/α-hetero) is 1. The first-order valence-corrected chi connectivity index (χ1v) is 18.7. The van der Waals surface area contributed by atoms with Gasteiger partial charge in [-0.25, -0.2) is 4.79 Å². The second-order valence-corrected chi connectivity index (χ2v) is 17.1. The summed E-state index contributed by atoms with van der Waals surface area (Å²) in [6.45, 7) is 5.50. The van der Waals surface area contributed by atoms with E-state index in [-0.39, 0.29) is 51.2 Å². The summed E-state index contributed by atoms with van der Waals surface area (Å²) >= 11 is 6.37. The smallest absolute Gasteiger partial charge is 0.416 e. The zero-order valence-electron chi connectivity index (χ0n) is 29.1. The van der Waals surface area contributed by atoms with Crippen molar-refractivity contribution in [1.29, 1.82) is 0 Å². The molecule has 3 aromatic rings. The number of aliphatic hydroxyl groups is 1. The van der Waals surface area contributed by atoms with Gasteiger partial charge in [0.2, 0.25) is 5.78 Å². The van der Waals surface area contributed by atoms with E-state index in [0.29, 0.717) is 37.9 Å². The van der Waals surface area contributed by atoms with Crippen molar-refractivity contribution in [1.82, 2.24) is 4.90 Å². The Morgan fingerprint density at radius 3 is 2.46 bits per heavy atom. The van der Waals surface area contributed by atoms with Crippen LogP contribution in [0.15, 0.2) is 88.9 Å². The minimum atomic E-state index is -4.58. The monoisotopic (exact) mass is 731 g/mol.